The number of carbonyl (C=O) groups is 1. The third-order valence-electron chi connectivity index (χ3n) is 4.71. The van der Waals surface area contributed by atoms with Gasteiger partial charge in [0.2, 0.25) is 0 Å². The SMILES string of the molecule is Cc1cccc(CNC(=O)NC2CCN(Cc3ccccc3)CC2)c1. The van der Waals surface area contributed by atoms with Gasteiger partial charge < -0.3 is 10.6 Å². The number of benzene rings is 2. The fourth-order valence-corrected chi connectivity index (χ4v) is 3.32. The zero-order valence-electron chi connectivity index (χ0n) is 14.9. The minimum atomic E-state index is -0.0667. The first-order valence-corrected chi connectivity index (χ1v) is 9.05. The van der Waals surface area contributed by atoms with Crippen molar-refractivity contribution in [2.24, 2.45) is 0 Å². The normalized spacial score (nSPS) is 15.7. The number of hydrogen-bond acceptors (Lipinski definition) is 2. The van der Waals surface area contributed by atoms with Crippen LogP contribution in [0.4, 0.5) is 4.79 Å². The van der Waals surface area contributed by atoms with Crippen LogP contribution in [0.2, 0.25) is 0 Å². The van der Waals surface area contributed by atoms with Gasteiger partial charge in [-0.2, -0.15) is 0 Å². The molecule has 0 spiro atoms. The fraction of sp³-hybridized carbons (Fsp3) is 0.381. The van der Waals surface area contributed by atoms with Gasteiger partial charge in [0.15, 0.2) is 0 Å². The number of urea groups is 1. The minimum absolute atomic E-state index is 0.0667. The molecule has 0 aliphatic carbocycles. The Hall–Kier alpha value is -2.33. The van der Waals surface area contributed by atoms with E-state index in [1.165, 1.54) is 11.1 Å². The maximum atomic E-state index is 12.1. The Kier molecular flexibility index (Phi) is 6.07. The predicted molar refractivity (Wildman–Crippen MR) is 101 cm³/mol. The van der Waals surface area contributed by atoms with E-state index in [2.05, 4.69) is 64.9 Å². The summed E-state index contributed by atoms with van der Waals surface area (Å²) in [5.74, 6) is 0. The number of likely N-dealkylation sites (tertiary alicyclic amines) is 1. The van der Waals surface area contributed by atoms with E-state index >= 15 is 0 Å². The van der Waals surface area contributed by atoms with Crippen molar-refractivity contribution in [1.29, 1.82) is 0 Å². The monoisotopic (exact) mass is 337 g/mol. The van der Waals surface area contributed by atoms with Gasteiger partial charge >= 0.3 is 6.03 Å². The van der Waals surface area contributed by atoms with Gasteiger partial charge in [-0.25, -0.2) is 4.79 Å². The van der Waals surface area contributed by atoms with E-state index in [1.54, 1.807) is 0 Å². The molecule has 2 aromatic carbocycles. The molecule has 3 rings (SSSR count). The largest absolute Gasteiger partial charge is 0.335 e. The molecule has 0 atom stereocenters. The Bertz CT molecular complexity index is 679. The topological polar surface area (TPSA) is 44.4 Å². The van der Waals surface area contributed by atoms with E-state index in [1.807, 2.05) is 12.1 Å². The lowest BCUT2D eigenvalue weighted by molar-refractivity contribution is 0.186. The molecule has 0 bridgehead atoms. The van der Waals surface area contributed by atoms with Crippen LogP contribution in [0.15, 0.2) is 54.6 Å². The molecule has 1 aliphatic rings. The molecule has 0 unspecified atom stereocenters. The van der Waals surface area contributed by atoms with Crippen molar-refractivity contribution in [3.63, 3.8) is 0 Å². The highest BCUT2D eigenvalue weighted by atomic mass is 16.2. The Labute approximate surface area is 150 Å². The van der Waals surface area contributed by atoms with Crippen LogP contribution in [0.5, 0.6) is 0 Å². The third-order valence-corrected chi connectivity index (χ3v) is 4.71. The summed E-state index contributed by atoms with van der Waals surface area (Å²) in [7, 11) is 0. The molecule has 1 heterocycles. The van der Waals surface area contributed by atoms with E-state index in [0.29, 0.717) is 6.54 Å². The molecule has 2 aromatic rings. The van der Waals surface area contributed by atoms with Gasteiger partial charge in [-0.1, -0.05) is 60.2 Å². The van der Waals surface area contributed by atoms with E-state index in [-0.39, 0.29) is 12.1 Å². The van der Waals surface area contributed by atoms with Crippen molar-refractivity contribution in [1.82, 2.24) is 15.5 Å². The number of aryl methyl sites for hydroxylation is 1. The first-order chi connectivity index (χ1) is 12.2. The lowest BCUT2D eigenvalue weighted by Crippen LogP contribution is -2.47. The number of rotatable bonds is 5. The van der Waals surface area contributed by atoms with Crippen LogP contribution in [0.3, 0.4) is 0 Å². The summed E-state index contributed by atoms with van der Waals surface area (Å²) in [5.41, 5.74) is 3.70. The quantitative estimate of drug-likeness (QED) is 0.877. The molecular weight excluding hydrogens is 310 g/mol. The molecule has 0 saturated carbocycles. The highest BCUT2D eigenvalue weighted by Crippen LogP contribution is 2.13. The first kappa shape index (κ1) is 17.5. The van der Waals surface area contributed by atoms with E-state index in [4.69, 9.17) is 0 Å². The minimum Gasteiger partial charge on any atom is -0.335 e. The third kappa shape index (κ3) is 5.61. The summed E-state index contributed by atoms with van der Waals surface area (Å²) in [6.45, 7) is 5.68. The number of hydrogen-bond donors (Lipinski definition) is 2. The van der Waals surface area contributed by atoms with Crippen LogP contribution in [0.1, 0.15) is 29.5 Å². The molecule has 1 aliphatic heterocycles. The Balaban J connectivity index is 1.37. The lowest BCUT2D eigenvalue weighted by atomic mass is 10.0. The summed E-state index contributed by atoms with van der Waals surface area (Å²) >= 11 is 0. The molecule has 1 fully saturated rings. The first-order valence-electron chi connectivity index (χ1n) is 9.05. The van der Waals surface area contributed by atoms with Crippen molar-refractivity contribution < 1.29 is 4.79 Å². The second kappa shape index (κ2) is 8.67. The molecule has 4 nitrogen and oxygen atoms in total. The van der Waals surface area contributed by atoms with Gasteiger partial charge in [0.25, 0.3) is 0 Å². The second-order valence-corrected chi connectivity index (χ2v) is 6.85. The van der Waals surface area contributed by atoms with E-state index in [0.717, 1.165) is 38.0 Å². The number of piperidine rings is 1. The number of nitrogens with zero attached hydrogens (tertiary/aromatic N) is 1. The molecule has 25 heavy (non-hydrogen) atoms. The van der Waals surface area contributed by atoms with Crippen LogP contribution in [0, 0.1) is 6.92 Å². The van der Waals surface area contributed by atoms with Crippen LogP contribution in [0.25, 0.3) is 0 Å². The summed E-state index contributed by atoms with van der Waals surface area (Å²) in [6.07, 6.45) is 2.01. The van der Waals surface area contributed by atoms with Crippen molar-refractivity contribution >= 4 is 6.03 Å². The van der Waals surface area contributed by atoms with Gasteiger partial charge in [0.05, 0.1) is 0 Å². The summed E-state index contributed by atoms with van der Waals surface area (Å²) in [4.78, 5) is 14.6. The molecule has 1 saturated heterocycles. The standard InChI is InChI=1S/C21H27N3O/c1-17-6-5-9-19(14-17)15-22-21(25)23-20-10-12-24(13-11-20)16-18-7-3-2-4-8-18/h2-9,14,20H,10-13,15-16H2,1H3,(H2,22,23,25). The van der Waals surface area contributed by atoms with Gasteiger partial charge in [-0.3, -0.25) is 4.90 Å². The average molecular weight is 337 g/mol. The van der Waals surface area contributed by atoms with Crippen LogP contribution in [-0.4, -0.2) is 30.1 Å². The smallest absolute Gasteiger partial charge is 0.315 e. The molecule has 2 N–H and O–H groups in total. The zero-order chi connectivity index (χ0) is 17.5. The van der Waals surface area contributed by atoms with Gasteiger partial charge in [0.1, 0.15) is 0 Å². The number of nitrogens with one attached hydrogen (secondary N) is 2. The zero-order valence-corrected chi connectivity index (χ0v) is 14.9. The van der Waals surface area contributed by atoms with Crippen LogP contribution in [-0.2, 0) is 13.1 Å². The molecule has 0 radical (unpaired) electrons. The summed E-state index contributed by atoms with van der Waals surface area (Å²) in [6, 6.07) is 19.0. The maximum absolute atomic E-state index is 12.1. The molecule has 4 heteroatoms. The second-order valence-electron chi connectivity index (χ2n) is 6.85. The number of carbonyl (C=O) groups excluding carboxylic acids is 1. The van der Waals surface area contributed by atoms with Crippen molar-refractivity contribution in [2.45, 2.75) is 38.9 Å². The Morgan fingerprint density at radius 1 is 1.04 bits per heavy atom. The van der Waals surface area contributed by atoms with Crippen molar-refractivity contribution in [3.8, 4) is 0 Å². The van der Waals surface area contributed by atoms with Gasteiger partial charge in [0, 0.05) is 32.2 Å². The fourth-order valence-electron chi connectivity index (χ4n) is 3.32. The lowest BCUT2D eigenvalue weighted by Gasteiger charge is -2.32. The van der Waals surface area contributed by atoms with E-state index < -0.39 is 0 Å². The average Bonchev–Trinajstić information content (AvgIpc) is 2.63. The molecule has 2 amide bonds. The van der Waals surface area contributed by atoms with E-state index in [9.17, 15) is 4.79 Å². The molecule has 132 valence electrons. The predicted octanol–water partition coefficient (Wildman–Crippen LogP) is 3.46. The Morgan fingerprint density at radius 3 is 2.48 bits per heavy atom. The van der Waals surface area contributed by atoms with Crippen molar-refractivity contribution in [3.05, 3.63) is 71.3 Å². The highest BCUT2D eigenvalue weighted by Gasteiger charge is 2.20. The van der Waals surface area contributed by atoms with Gasteiger partial charge in [-0.05, 0) is 30.9 Å². The highest BCUT2D eigenvalue weighted by molar-refractivity contribution is 5.74. The summed E-state index contributed by atoms with van der Waals surface area (Å²) < 4.78 is 0. The van der Waals surface area contributed by atoms with Crippen LogP contribution < -0.4 is 10.6 Å². The number of amides is 2. The maximum Gasteiger partial charge on any atom is 0.315 e. The van der Waals surface area contributed by atoms with Crippen molar-refractivity contribution in [2.75, 3.05) is 13.1 Å². The summed E-state index contributed by atoms with van der Waals surface area (Å²) in [5, 5.41) is 6.07. The van der Waals surface area contributed by atoms with Gasteiger partial charge in [-0.15, -0.1) is 0 Å². The Morgan fingerprint density at radius 2 is 1.76 bits per heavy atom. The van der Waals surface area contributed by atoms with Crippen LogP contribution >= 0.6 is 0 Å². The molecular formula is C21H27N3O. The molecule has 0 aromatic heterocycles.